The molecule has 5 rings (SSSR count). The fourth-order valence-electron chi connectivity index (χ4n) is 6.21. The lowest BCUT2D eigenvalue weighted by Crippen LogP contribution is -2.49. The summed E-state index contributed by atoms with van der Waals surface area (Å²) in [5, 5.41) is 15.7. The quantitative estimate of drug-likeness (QED) is 0.386. The van der Waals surface area contributed by atoms with Gasteiger partial charge in [-0.1, -0.05) is 25.7 Å². The van der Waals surface area contributed by atoms with Crippen molar-refractivity contribution in [2.45, 2.75) is 70.3 Å². The van der Waals surface area contributed by atoms with Gasteiger partial charge >= 0.3 is 0 Å². The van der Waals surface area contributed by atoms with Crippen LogP contribution in [0.1, 0.15) is 84.5 Å². The number of amides is 1. The van der Waals surface area contributed by atoms with E-state index in [-0.39, 0.29) is 11.9 Å². The first-order valence-corrected chi connectivity index (χ1v) is 16.2. The molecule has 3 aliphatic heterocycles. The van der Waals surface area contributed by atoms with E-state index in [1.54, 1.807) is 6.20 Å². The van der Waals surface area contributed by atoms with Crippen molar-refractivity contribution in [1.82, 2.24) is 25.1 Å². The molecular formula is C30H46N8OS. The minimum absolute atomic E-state index is 0.133. The highest BCUT2D eigenvalue weighted by molar-refractivity contribution is 7.15. The lowest BCUT2D eigenvalue weighted by atomic mass is 10.1. The van der Waals surface area contributed by atoms with Crippen LogP contribution in [0.2, 0.25) is 0 Å². The molecule has 1 unspecified atom stereocenters. The Hall–Kier alpha value is -2.56. The van der Waals surface area contributed by atoms with Crippen molar-refractivity contribution in [3.63, 3.8) is 0 Å². The molecule has 0 bridgehead atoms. The Labute approximate surface area is 243 Å². The molecule has 3 N–H and O–H groups in total. The molecule has 218 valence electrons. The third-order valence-corrected chi connectivity index (χ3v) is 9.55. The van der Waals surface area contributed by atoms with Crippen LogP contribution < -0.4 is 15.5 Å². The second-order valence-corrected chi connectivity index (χ2v) is 12.5. The van der Waals surface area contributed by atoms with Gasteiger partial charge in [-0.15, -0.1) is 11.3 Å². The van der Waals surface area contributed by atoms with Crippen LogP contribution in [0.25, 0.3) is 0 Å². The number of nitrogens with one attached hydrogen (secondary N) is 3. The monoisotopic (exact) mass is 566 g/mol. The topological polar surface area (TPSA) is 100 Å². The number of anilines is 2. The van der Waals surface area contributed by atoms with Crippen LogP contribution in [0, 0.1) is 5.41 Å². The van der Waals surface area contributed by atoms with Crippen molar-refractivity contribution in [2.75, 3.05) is 69.6 Å². The highest BCUT2D eigenvalue weighted by atomic mass is 32.1. The van der Waals surface area contributed by atoms with Gasteiger partial charge in [-0.2, -0.15) is 0 Å². The molecule has 0 spiro atoms. The fraction of sp³-hybridized carbons (Fsp3) is 0.667. The zero-order valence-corrected chi connectivity index (χ0v) is 24.9. The number of thiazole rings is 1. The van der Waals surface area contributed by atoms with Crippen LogP contribution in [0.5, 0.6) is 0 Å². The molecule has 10 heteroatoms. The van der Waals surface area contributed by atoms with Crippen molar-refractivity contribution < 1.29 is 4.79 Å². The van der Waals surface area contributed by atoms with E-state index in [4.69, 9.17) is 10.4 Å². The molecule has 1 atom stereocenters. The van der Waals surface area contributed by atoms with E-state index in [1.165, 1.54) is 75.8 Å². The predicted octanol–water partition coefficient (Wildman–Crippen LogP) is 4.45. The average Bonchev–Trinajstić information content (AvgIpc) is 3.47. The van der Waals surface area contributed by atoms with Crippen LogP contribution in [-0.2, 0) is 0 Å². The van der Waals surface area contributed by atoms with E-state index in [1.807, 2.05) is 19.2 Å². The number of hydrogen-bond acceptors (Lipinski definition) is 9. The molecule has 0 aromatic carbocycles. The maximum Gasteiger partial charge on any atom is 0.280 e. The lowest BCUT2D eigenvalue weighted by molar-refractivity contribution is 0.0894. The standard InChI is InChI=1S/C30H46N8OS/c1-32-28-24(12-13-26(35-28)38-17-8-3-2-4-9-18-38)27(31)25-21-33-30(40-25)29(39)34-23-11-10-16-37(22-23)20-19-36-14-6-5-7-15-36/h12-13,21,23,31H,2-11,14-20,22H2,1H3,(H,32,35)(H,34,39). The van der Waals surface area contributed by atoms with Gasteiger partial charge in [-0.3, -0.25) is 10.2 Å². The highest BCUT2D eigenvalue weighted by Crippen LogP contribution is 2.26. The SMILES string of the molecule is CNc1nc(N2CCCCCCC2)ccc1C(=N)c1cnc(C(=O)NC2CCCN(CCN3CCCCC3)C2)s1. The Morgan fingerprint density at radius 1 is 0.950 bits per heavy atom. The summed E-state index contributed by atoms with van der Waals surface area (Å²) in [5.74, 6) is 1.52. The Morgan fingerprint density at radius 3 is 2.40 bits per heavy atom. The molecule has 9 nitrogen and oxygen atoms in total. The number of aromatic nitrogens is 2. The molecule has 0 saturated carbocycles. The van der Waals surface area contributed by atoms with E-state index in [2.05, 4.69) is 30.3 Å². The van der Waals surface area contributed by atoms with E-state index >= 15 is 0 Å². The van der Waals surface area contributed by atoms with E-state index in [0.717, 1.165) is 63.5 Å². The molecule has 2 aromatic rings. The summed E-state index contributed by atoms with van der Waals surface area (Å²) in [6, 6.07) is 4.15. The van der Waals surface area contributed by atoms with Gasteiger partial charge in [0.2, 0.25) is 0 Å². The third kappa shape index (κ3) is 7.59. The van der Waals surface area contributed by atoms with Crippen molar-refractivity contribution in [3.05, 3.63) is 33.8 Å². The average molecular weight is 567 g/mol. The first-order valence-electron chi connectivity index (χ1n) is 15.3. The number of piperidine rings is 2. The summed E-state index contributed by atoms with van der Waals surface area (Å²) in [6.07, 6.45) is 14.0. The van der Waals surface area contributed by atoms with Gasteiger partial charge in [0.1, 0.15) is 11.6 Å². The minimum Gasteiger partial charge on any atom is -0.373 e. The van der Waals surface area contributed by atoms with Crippen molar-refractivity contribution in [3.8, 4) is 0 Å². The van der Waals surface area contributed by atoms with Gasteiger partial charge in [0.15, 0.2) is 5.01 Å². The number of rotatable bonds is 9. The smallest absolute Gasteiger partial charge is 0.280 e. The second-order valence-electron chi connectivity index (χ2n) is 11.5. The zero-order chi connectivity index (χ0) is 27.7. The number of carbonyl (C=O) groups is 1. The molecule has 0 radical (unpaired) electrons. The van der Waals surface area contributed by atoms with Crippen molar-refractivity contribution in [1.29, 1.82) is 5.41 Å². The highest BCUT2D eigenvalue weighted by Gasteiger charge is 2.25. The van der Waals surface area contributed by atoms with Gasteiger partial charge in [0.05, 0.1) is 10.6 Å². The van der Waals surface area contributed by atoms with Crippen molar-refractivity contribution >= 4 is 34.6 Å². The zero-order valence-electron chi connectivity index (χ0n) is 24.1. The summed E-state index contributed by atoms with van der Waals surface area (Å²) < 4.78 is 0. The van der Waals surface area contributed by atoms with Crippen LogP contribution in [0.3, 0.4) is 0 Å². The van der Waals surface area contributed by atoms with E-state index < -0.39 is 0 Å². The largest absolute Gasteiger partial charge is 0.373 e. The van der Waals surface area contributed by atoms with E-state index in [0.29, 0.717) is 21.4 Å². The third-order valence-electron chi connectivity index (χ3n) is 8.53. The number of pyridine rings is 1. The van der Waals surface area contributed by atoms with Gasteiger partial charge in [-0.05, 0) is 70.3 Å². The predicted molar refractivity (Wildman–Crippen MR) is 164 cm³/mol. The number of likely N-dealkylation sites (tertiary alicyclic amines) is 2. The molecular weight excluding hydrogens is 520 g/mol. The first-order chi connectivity index (χ1) is 19.6. The van der Waals surface area contributed by atoms with Crippen molar-refractivity contribution in [2.24, 2.45) is 0 Å². The molecule has 3 saturated heterocycles. The maximum atomic E-state index is 13.1. The lowest BCUT2D eigenvalue weighted by Gasteiger charge is -2.35. The second kappa shape index (κ2) is 14.4. The minimum atomic E-state index is -0.133. The van der Waals surface area contributed by atoms with Gasteiger partial charge in [-0.25, -0.2) is 9.97 Å². The van der Waals surface area contributed by atoms with Crippen LogP contribution in [-0.4, -0.2) is 96.8 Å². The Balaban J connectivity index is 1.17. The summed E-state index contributed by atoms with van der Waals surface area (Å²) in [7, 11) is 1.85. The first kappa shape index (κ1) is 29.0. The van der Waals surface area contributed by atoms with Crippen LogP contribution in [0.4, 0.5) is 11.6 Å². The number of carbonyl (C=O) groups excluding carboxylic acids is 1. The Morgan fingerprint density at radius 2 is 1.62 bits per heavy atom. The molecule has 3 fully saturated rings. The van der Waals surface area contributed by atoms with Gasteiger partial charge < -0.3 is 25.3 Å². The van der Waals surface area contributed by atoms with E-state index in [9.17, 15) is 4.79 Å². The molecule has 2 aromatic heterocycles. The van der Waals surface area contributed by atoms with Gasteiger partial charge in [0.25, 0.3) is 5.91 Å². The summed E-state index contributed by atoms with van der Waals surface area (Å²) in [4.78, 5) is 30.5. The molecule has 1 amide bonds. The number of hydrogen-bond donors (Lipinski definition) is 3. The summed E-state index contributed by atoms with van der Waals surface area (Å²) >= 11 is 1.28. The Kier molecular flexibility index (Phi) is 10.4. The molecule has 0 aliphatic carbocycles. The molecule has 3 aliphatic rings. The fourth-order valence-corrected chi connectivity index (χ4v) is 6.99. The van der Waals surface area contributed by atoms with Gasteiger partial charge in [0, 0.05) is 57.6 Å². The normalized spacial score (nSPS) is 21.4. The van der Waals surface area contributed by atoms with Crippen LogP contribution in [0.15, 0.2) is 18.3 Å². The maximum absolute atomic E-state index is 13.1. The number of nitrogens with zero attached hydrogens (tertiary/aromatic N) is 5. The van der Waals surface area contributed by atoms with Crippen LogP contribution >= 0.6 is 11.3 Å². The summed E-state index contributed by atoms with van der Waals surface area (Å²) in [5.41, 5.74) is 1.07. The molecule has 5 heterocycles. The molecule has 40 heavy (non-hydrogen) atoms. The summed E-state index contributed by atoms with van der Waals surface area (Å²) in [6.45, 7) is 8.71. The Bertz CT molecular complexity index is 1120.